The van der Waals surface area contributed by atoms with Crippen molar-refractivity contribution in [1.29, 1.82) is 0 Å². The summed E-state index contributed by atoms with van der Waals surface area (Å²) in [6.07, 6.45) is 0. The van der Waals surface area contributed by atoms with E-state index >= 15 is 0 Å². The summed E-state index contributed by atoms with van der Waals surface area (Å²) in [5.41, 5.74) is 0.868. The number of aliphatic hydroxyl groups is 1. The van der Waals surface area contributed by atoms with Gasteiger partial charge in [0, 0.05) is 5.75 Å². The number of benzene rings is 1. The van der Waals surface area contributed by atoms with Crippen LogP contribution in [-0.2, 0) is 4.79 Å². The second kappa shape index (κ2) is 7.29. The largest absolute Gasteiger partial charge is 0.396 e. The monoisotopic (exact) mass is 257 g/mol. The highest BCUT2D eigenvalue weighted by Crippen LogP contribution is 2.13. The molecule has 0 aliphatic heterocycles. The van der Waals surface area contributed by atoms with E-state index in [1.165, 1.54) is 23.9 Å². The lowest BCUT2D eigenvalue weighted by Gasteiger charge is -2.14. The van der Waals surface area contributed by atoms with E-state index in [1.807, 2.05) is 6.92 Å². The number of halogens is 1. The van der Waals surface area contributed by atoms with E-state index in [1.54, 1.807) is 12.1 Å². The van der Waals surface area contributed by atoms with E-state index in [0.717, 1.165) is 5.56 Å². The van der Waals surface area contributed by atoms with Gasteiger partial charge in [-0.1, -0.05) is 12.1 Å². The Bertz CT molecular complexity index is 356. The molecule has 0 aliphatic carbocycles. The lowest BCUT2D eigenvalue weighted by molar-refractivity contribution is -0.119. The van der Waals surface area contributed by atoms with Gasteiger partial charge in [-0.05, 0) is 24.6 Å². The molecule has 0 saturated carbocycles. The van der Waals surface area contributed by atoms with Crippen LogP contribution in [-0.4, -0.2) is 29.1 Å². The maximum absolute atomic E-state index is 12.7. The molecule has 1 rings (SSSR count). The van der Waals surface area contributed by atoms with Crippen molar-refractivity contribution in [2.24, 2.45) is 0 Å². The van der Waals surface area contributed by atoms with E-state index in [9.17, 15) is 9.18 Å². The molecule has 1 atom stereocenters. The van der Waals surface area contributed by atoms with Crippen LogP contribution in [0.1, 0.15) is 18.5 Å². The maximum Gasteiger partial charge on any atom is 0.230 e. The molecule has 3 nitrogen and oxygen atoms in total. The zero-order valence-electron chi connectivity index (χ0n) is 9.65. The number of amides is 1. The average Bonchev–Trinajstić information content (AvgIpc) is 2.30. The number of hydrogen-bond acceptors (Lipinski definition) is 3. The molecule has 17 heavy (non-hydrogen) atoms. The van der Waals surface area contributed by atoms with Crippen molar-refractivity contribution < 1.29 is 14.3 Å². The lowest BCUT2D eigenvalue weighted by atomic mass is 10.1. The highest BCUT2D eigenvalue weighted by Gasteiger charge is 2.09. The fraction of sp³-hybridized carbons (Fsp3) is 0.417. The predicted octanol–water partition coefficient (Wildman–Crippen LogP) is 1.73. The van der Waals surface area contributed by atoms with Gasteiger partial charge in [0.1, 0.15) is 5.82 Å². The zero-order valence-corrected chi connectivity index (χ0v) is 10.5. The van der Waals surface area contributed by atoms with Crippen molar-refractivity contribution in [2.45, 2.75) is 13.0 Å². The van der Waals surface area contributed by atoms with Crippen molar-refractivity contribution in [3.05, 3.63) is 35.6 Å². The summed E-state index contributed by atoms with van der Waals surface area (Å²) in [7, 11) is 0. The molecule has 2 N–H and O–H groups in total. The Morgan fingerprint density at radius 2 is 2.12 bits per heavy atom. The van der Waals surface area contributed by atoms with Gasteiger partial charge in [0.15, 0.2) is 0 Å². The highest BCUT2D eigenvalue weighted by atomic mass is 32.2. The van der Waals surface area contributed by atoms with Gasteiger partial charge in [-0.3, -0.25) is 4.79 Å². The molecule has 0 aromatic heterocycles. The summed E-state index contributed by atoms with van der Waals surface area (Å²) >= 11 is 1.38. The molecule has 1 amide bonds. The molecule has 1 aromatic rings. The fourth-order valence-electron chi connectivity index (χ4n) is 1.35. The van der Waals surface area contributed by atoms with Crippen LogP contribution in [0.2, 0.25) is 0 Å². The van der Waals surface area contributed by atoms with Crippen molar-refractivity contribution >= 4 is 17.7 Å². The Morgan fingerprint density at radius 1 is 1.47 bits per heavy atom. The molecular formula is C12H16FNO2S. The first-order chi connectivity index (χ1) is 8.13. The van der Waals surface area contributed by atoms with Gasteiger partial charge >= 0.3 is 0 Å². The number of carbonyl (C=O) groups excluding carboxylic acids is 1. The van der Waals surface area contributed by atoms with Crippen LogP contribution in [0.25, 0.3) is 0 Å². The number of aliphatic hydroxyl groups excluding tert-OH is 1. The zero-order chi connectivity index (χ0) is 12.7. The van der Waals surface area contributed by atoms with Gasteiger partial charge < -0.3 is 10.4 Å². The molecule has 5 heteroatoms. The molecule has 0 spiro atoms. The molecule has 0 aliphatic rings. The minimum Gasteiger partial charge on any atom is -0.396 e. The Hall–Kier alpha value is -1.07. The second-order valence-corrected chi connectivity index (χ2v) is 4.72. The van der Waals surface area contributed by atoms with Gasteiger partial charge in [-0.15, -0.1) is 11.8 Å². The summed E-state index contributed by atoms with van der Waals surface area (Å²) in [6.45, 7) is 1.92. The van der Waals surface area contributed by atoms with Crippen LogP contribution in [0, 0.1) is 5.82 Å². The van der Waals surface area contributed by atoms with Crippen molar-refractivity contribution in [3.63, 3.8) is 0 Å². The number of rotatable bonds is 6. The van der Waals surface area contributed by atoms with Crippen LogP contribution in [0.4, 0.5) is 4.39 Å². The molecule has 1 aromatic carbocycles. The Labute approximate surface area is 104 Å². The highest BCUT2D eigenvalue weighted by molar-refractivity contribution is 7.99. The van der Waals surface area contributed by atoms with Crippen molar-refractivity contribution in [1.82, 2.24) is 5.32 Å². The van der Waals surface area contributed by atoms with E-state index < -0.39 is 0 Å². The minimum atomic E-state index is -0.286. The van der Waals surface area contributed by atoms with E-state index in [4.69, 9.17) is 5.11 Å². The molecule has 0 bridgehead atoms. The van der Waals surface area contributed by atoms with Gasteiger partial charge in [0.2, 0.25) is 5.91 Å². The number of nitrogens with one attached hydrogen (secondary N) is 1. The summed E-state index contributed by atoms with van der Waals surface area (Å²) in [5, 5.41) is 11.4. The molecule has 0 saturated heterocycles. The molecule has 0 fully saturated rings. The van der Waals surface area contributed by atoms with Crippen LogP contribution < -0.4 is 5.32 Å². The predicted molar refractivity (Wildman–Crippen MR) is 67.4 cm³/mol. The average molecular weight is 257 g/mol. The number of thioether (sulfide) groups is 1. The first kappa shape index (κ1) is 14.0. The van der Waals surface area contributed by atoms with E-state index in [0.29, 0.717) is 11.5 Å². The SMILES string of the molecule is CC(NC(=O)CSCCO)c1ccc(F)cc1. The molecule has 1 unspecified atom stereocenters. The first-order valence-corrected chi connectivity index (χ1v) is 6.52. The summed E-state index contributed by atoms with van der Waals surface area (Å²) in [5.74, 6) is 0.510. The van der Waals surface area contributed by atoms with Gasteiger partial charge in [-0.25, -0.2) is 4.39 Å². The third-order valence-corrected chi connectivity index (χ3v) is 3.15. The molecule has 94 valence electrons. The molecule has 0 radical (unpaired) electrons. The quantitative estimate of drug-likeness (QED) is 0.763. The molecule has 0 heterocycles. The van der Waals surface area contributed by atoms with Crippen molar-refractivity contribution in [2.75, 3.05) is 18.1 Å². The fourth-order valence-corrected chi connectivity index (χ4v) is 1.89. The minimum absolute atomic E-state index is 0.0749. The topological polar surface area (TPSA) is 49.3 Å². The van der Waals surface area contributed by atoms with Gasteiger partial charge in [-0.2, -0.15) is 0 Å². The Morgan fingerprint density at radius 3 is 2.71 bits per heavy atom. The van der Waals surface area contributed by atoms with Crippen LogP contribution in [0.3, 0.4) is 0 Å². The first-order valence-electron chi connectivity index (χ1n) is 5.37. The summed E-state index contributed by atoms with van der Waals surface area (Å²) in [4.78, 5) is 11.5. The van der Waals surface area contributed by atoms with Gasteiger partial charge in [0.25, 0.3) is 0 Å². The normalized spacial score (nSPS) is 12.2. The summed E-state index contributed by atoms with van der Waals surface area (Å²) in [6, 6.07) is 5.91. The second-order valence-electron chi connectivity index (χ2n) is 3.62. The van der Waals surface area contributed by atoms with E-state index in [-0.39, 0.29) is 24.4 Å². The number of carbonyl (C=O) groups is 1. The molecular weight excluding hydrogens is 241 g/mol. The lowest BCUT2D eigenvalue weighted by Crippen LogP contribution is -2.28. The smallest absolute Gasteiger partial charge is 0.230 e. The van der Waals surface area contributed by atoms with Gasteiger partial charge in [0.05, 0.1) is 18.4 Å². The Kier molecular flexibility index (Phi) is 6.00. The third-order valence-electron chi connectivity index (χ3n) is 2.22. The van der Waals surface area contributed by atoms with Crippen LogP contribution in [0.15, 0.2) is 24.3 Å². The third kappa shape index (κ3) is 5.19. The standard InChI is InChI=1S/C12H16FNO2S/c1-9(10-2-4-11(13)5-3-10)14-12(16)8-17-7-6-15/h2-5,9,15H,6-8H2,1H3,(H,14,16). The van der Waals surface area contributed by atoms with Crippen LogP contribution >= 0.6 is 11.8 Å². The Balaban J connectivity index is 2.40. The van der Waals surface area contributed by atoms with Crippen LogP contribution in [0.5, 0.6) is 0 Å². The maximum atomic E-state index is 12.7. The summed E-state index contributed by atoms with van der Waals surface area (Å²) < 4.78 is 12.7. The number of hydrogen-bond donors (Lipinski definition) is 2. The van der Waals surface area contributed by atoms with Crippen molar-refractivity contribution in [3.8, 4) is 0 Å². The van der Waals surface area contributed by atoms with E-state index in [2.05, 4.69) is 5.32 Å².